The lowest BCUT2D eigenvalue weighted by atomic mass is 9.88. The SMILES string of the molecule is Cc1cc(Cl)ccc1C(=O)[C@@H]1CCCN(c2ncnc3[nH]ccc23)C1. The summed E-state index contributed by atoms with van der Waals surface area (Å²) in [6.45, 7) is 3.52. The maximum atomic E-state index is 13.0. The number of benzene rings is 1. The first kappa shape index (κ1) is 16.1. The molecular formula is C19H19ClN4O. The lowest BCUT2D eigenvalue weighted by Crippen LogP contribution is -2.39. The van der Waals surface area contributed by atoms with Crippen LogP contribution in [0.1, 0.15) is 28.8 Å². The molecule has 0 aliphatic carbocycles. The second-order valence-electron chi connectivity index (χ2n) is 6.55. The number of rotatable bonds is 3. The van der Waals surface area contributed by atoms with E-state index in [1.54, 1.807) is 12.4 Å². The largest absolute Gasteiger partial charge is 0.355 e. The zero-order valence-electron chi connectivity index (χ0n) is 14.0. The Kier molecular flexibility index (Phi) is 4.17. The number of nitrogens with one attached hydrogen (secondary N) is 1. The standard InChI is InChI=1S/C19H19ClN4O/c1-12-9-14(20)4-5-15(12)17(25)13-3-2-8-24(10-13)19-16-6-7-21-18(16)22-11-23-19/h4-7,9,11,13H,2-3,8,10H2,1H3,(H,21,22,23)/t13-/m1/s1. The van der Waals surface area contributed by atoms with Crippen LogP contribution in [0.25, 0.3) is 11.0 Å². The molecule has 3 heterocycles. The molecule has 1 atom stereocenters. The fourth-order valence-corrected chi connectivity index (χ4v) is 3.84. The van der Waals surface area contributed by atoms with Crippen LogP contribution >= 0.6 is 11.6 Å². The van der Waals surface area contributed by atoms with Crippen LogP contribution < -0.4 is 4.90 Å². The highest BCUT2D eigenvalue weighted by molar-refractivity contribution is 6.30. The van der Waals surface area contributed by atoms with E-state index in [4.69, 9.17) is 11.6 Å². The molecular weight excluding hydrogens is 336 g/mol. The van der Waals surface area contributed by atoms with Crippen LogP contribution in [0.5, 0.6) is 0 Å². The van der Waals surface area contributed by atoms with Crippen molar-refractivity contribution in [2.45, 2.75) is 19.8 Å². The molecule has 3 aromatic rings. The number of carbonyl (C=O) groups excluding carboxylic acids is 1. The van der Waals surface area contributed by atoms with Crippen molar-refractivity contribution in [2.75, 3.05) is 18.0 Å². The predicted octanol–water partition coefficient (Wildman–Crippen LogP) is 4.02. The van der Waals surface area contributed by atoms with Crippen molar-refractivity contribution < 1.29 is 4.79 Å². The number of hydrogen-bond acceptors (Lipinski definition) is 4. The van der Waals surface area contributed by atoms with Crippen molar-refractivity contribution in [2.24, 2.45) is 5.92 Å². The van der Waals surface area contributed by atoms with Gasteiger partial charge in [0.25, 0.3) is 0 Å². The summed E-state index contributed by atoms with van der Waals surface area (Å²) >= 11 is 6.02. The summed E-state index contributed by atoms with van der Waals surface area (Å²) in [6.07, 6.45) is 5.31. The van der Waals surface area contributed by atoms with Crippen molar-refractivity contribution in [1.29, 1.82) is 0 Å². The van der Waals surface area contributed by atoms with Crippen LogP contribution in [0.3, 0.4) is 0 Å². The third kappa shape index (κ3) is 3.00. The Morgan fingerprint density at radius 3 is 3.04 bits per heavy atom. The fraction of sp³-hybridized carbons (Fsp3) is 0.316. The molecule has 1 aliphatic rings. The van der Waals surface area contributed by atoms with Crippen LogP contribution in [-0.2, 0) is 0 Å². The lowest BCUT2D eigenvalue weighted by molar-refractivity contribution is 0.0906. The molecule has 1 saturated heterocycles. The number of Topliss-reactive ketones (excluding diaryl/α,β-unsaturated/α-hetero) is 1. The highest BCUT2D eigenvalue weighted by Crippen LogP contribution is 2.29. The minimum Gasteiger partial charge on any atom is -0.355 e. The zero-order valence-corrected chi connectivity index (χ0v) is 14.8. The van der Waals surface area contributed by atoms with Gasteiger partial charge in [0.15, 0.2) is 5.78 Å². The number of aryl methyl sites for hydroxylation is 1. The monoisotopic (exact) mass is 354 g/mol. The molecule has 0 spiro atoms. The highest BCUT2D eigenvalue weighted by Gasteiger charge is 2.29. The van der Waals surface area contributed by atoms with Crippen LogP contribution in [-0.4, -0.2) is 33.8 Å². The lowest BCUT2D eigenvalue weighted by Gasteiger charge is -2.33. The third-order valence-electron chi connectivity index (χ3n) is 4.88. The van der Waals surface area contributed by atoms with E-state index in [9.17, 15) is 4.79 Å². The van der Waals surface area contributed by atoms with Gasteiger partial charge in [0.05, 0.1) is 5.39 Å². The average Bonchev–Trinajstić information content (AvgIpc) is 3.10. The second kappa shape index (κ2) is 6.48. The third-order valence-corrected chi connectivity index (χ3v) is 5.11. The number of nitrogens with zero attached hydrogens (tertiary/aromatic N) is 3. The molecule has 1 aliphatic heterocycles. The van der Waals surface area contributed by atoms with Crippen LogP contribution in [0.15, 0.2) is 36.8 Å². The van der Waals surface area contributed by atoms with E-state index >= 15 is 0 Å². The van der Waals surface area contributed by atoms with Crippen LogP contribution in [0.2, 0.25) is 5.02 Å². The second-order valence-corrected chi connectivity index (χ2v) is 6.98. The van der Waals surface area contributed by atoms with E-state index in [-0.39, 0.29) is 11.7 Å². The number of halogens is 1. The number of ketones is 1. The van der Waals surface area contributed by atoms with Crippen molar-refractivity contribution in [3.8, 4) is 0 Å². The normalized spacial score (nSPS) is 17.8. The first-order chi connectivity index (χ1) is 12.1. The van der Waals surface area contributed by atoms with E-state index in [0.29, 0.717) is 11.6 Å². The zero-order chi connectivity index (χ0) is 17.4. The van der Waals surface area contributed by atoms with Crippen molar-refractivity contribution in [1.82, 2.24) is 15.0 Å². The number of carbonyl (C=O) groups is 1. The van der Waals surface area contributed by atoms with E-state index in [1.165, 1.54) is 0 Å². The molecule has 1 N–H and O–H groups in total. The molecule has 0 radical (unpaired) electrons. The smallest absolute Gasteiger partial charge is 0.167 e. The number of hydrogen-bond donors (Lipinski definition) is 1. The van der Waals surface area contributed by atoms with E-state index in [2.05, 4.69) is 19.9 Å². The van der Waals surface area contributed by atoms with Gasteiger partial charge in [0, 0.05) is 35.8 Å². The molecule has 0 unspecified atom stereocenters. The van der Waals surface area contributed by atoms with E-state index < -0.39 is 0 Å². The van der Waals surface area contributed by atoms with Gasteiger partial charge in [0.1, 0.15) is 17.8 Å². The van der Waals surface area contributed by atoms with Crippen LogP contribution in [0.4, 0.5) is 5.82 Å². The Morgan fingerprint density at radius 1 is 1.32 bits per heavy atom. The number of H-pyrrole nitrogens is 1. The van der Waals surface area contributed by atoms with Gasteiger partial charge in [-0.3, -0.25) is 4.79 Å². The summed E-state index contributed by atoms with van der Waals surface area (Å²) in [6, 6.07) is 7.47. The molecule has 1 fully saturated rings. The predicted molar refractivity (Wildman–Crippen MR) is 99.3 cm³/mol. The van der Waals surface area contributed by atoms with Gasteiger partial charge in [-0.2, -0.15) is 0 Å². The minimum atomic E-state index is -0.0300. The van der Waals surface area contributed by atoms with Gasteiger partial charge in [-0.15, -0.1) is 0 Å². The Bertz CT molecular complexity index is 936. The fourth-order valence-electron chi connectivity index (χ4n) is 3.62. The topological polar surface area (TPSA) is 61.9 Å². The minimum absolute atomic E-state index is 0.0300. The van der Waals surface area contributed by atoms with Gasteiger partial charge < -0.3 is 9.88 Å². The number of piperidine rings is 1. The quantitative estimate of drug-likeness (QED) is 0.721. The maximum Gasteiger partial charge on any atom is 0.167 e. The Balaban J connectivity index is 1.60. The summed E-state index contributed by atoms with van der Waals surface area (Å²) < 4.78 is 0. The molecule has 4 rings (SSSR count). The van der Waals surface area contributed by atoms with Crippen molar-refractivity contribution in [3.05, 3.63) is 52.9 Å². The molecule has 0 saturated carbocycles. The van der Waals surface area contributed by atoms with Gasteiger partial charge in [-0.1, -0.05) is 11.6 Å². The Hall–Kier alpha value is -2.40. The molecule has 2 aromatic heterocycles. The maximum absolute atomic E-state index is 13.0. The van der Waals surface area contributed by atoms with Crippen molar-refractivity contribution in [3.63, 3.8) is 0 Å². The van der Waals surface area contributed by atoms with Gasteiger partial charge >= 0.3 is 0 Å². The van der Waals surface area contributed by atoms with Gasteiger partial charge in [-0.05, 0) is 49.6 Å². The summed E-state index contributed by atoms with van der Waals surface area (Å²) in [5.74, 6) is 1.06. The average molecular weight is 355 g/mol. The summed E-state index contributed by atoms with van der Waals surface area (Å²) in [5.41, 5.74) is 2.53. The van der Waals surface area contributed by atoms with Gasteiger partial charge in [0.2, 0.25) is 0 Å². The first-order valence-electron chi connectivity index (χ1n) is 8.47. The van der Waals surface area contributed by atoms with Crippen molar-refractivity contribution >= 4 is 34.2 Å². The number of aromatic amines is 1. The number of anilines is 1. The van der Waals surface area contributed by atoms with E-state index in [0.717, 1.165) is 47.4 Å². The summed E-state index contributed by atoms with van der Waals surface area (Å²) in [4.78, 5) is 27.0. The van der Waals surface area contributed by atoms with E-state index in [1.807, 2.05) is 31.3 Å². The molecule has 25 heavy (non-hydrogen) atoms. The number of aromatic nitrogens is 3. The van der Waals surface area contributed by atoms with Gasteiger partial charge in [-0.25, -0.2) is 9.97 Å². The molecule has 0 amide bonds. The molecule has 5 nitrogen and oxygen atoms in total. The number of fused-ring (bicyclic) bond motifs is 1. The Morgan fingerprint density at radius 2 is 2.20 bits per heavy atom. The molecule has 1 aromatic carbocycles. The summed E-state index contributed by atoms with van der Waals surface area (Å²) in [7, 11) is 0. The molecule has 6 heteroatoms. The Labute approximate surface area is 151 Å². The first-order valence-corrected chi connectivity index (χ1v) is 8.84. The molecule has 128 valence electrons. The summed E-state index contributed by atoms with van der Waals surface area (Å²) in [5, 5.41) is 1.66. The highest BCUT2D eigenvalue weighted by atomic mass is 35.5. The molecule has 0 bridgehead atoms. The van der Waals surface area contributed by atoms with Crippen LogP contribution in [0, 0.1) is 12.8 Å².